The molecule has 0 aliphatic carbocycles. The molecule has 1 aliphatic rings. The lowest BCUT2D eigenvalue weighted by Crippen LogP contribution is -2.09. The lowest BCUT2D eigenvalue weighted by molar-refractivity contribution is 0.268. The minimum Gasteiger partial charge on any atom is -0.490 e. The smallest absolute Gasteiger partial charge is 0.174 e. The minimum atomic E-state index is 0.0278. The number of benzene rings is 4. The number of ether oxygens (including phenoxy) is 2. The van der Waals surface area contributed by atoms with Crippen LogP contribution in [-0.4, -0.2) is 11.7 Å². The van der Waals surface area contributed by atoms with E-state index in [9.17, 15) is 0 Å². The van der Waals surface area contributed by atoms with E-state index in [1.54, 1.807) is 11.8 Å². The zero-order valence-corrected chi connectivity index (χ0v) is 21.1. The molecule has 1 atom stereocenters. The standard InChI is InChI=1S/C27H23IN2O2S/c1-2-31-24-16-21(27-30-29-26(33-27)19-10-4-3-5-11-19)15-23(28)25(24)32-17-20-13-8-12-18-9-6-7-14-22(18)20/h3-16,27,30H,2,17H2,1H3/t27-/m1/s1. The van der Waals surface area contributed by atoms with Gasteiger partial charge in [0, 0.05) is 5.56 Å². The Morgan fingerprint density at radius 1 is 0.939 bits per heavy atom. The molecule has 166 valence electrons. The first-order valence-electron chi connectivity index (χ1n) is 10.8. The lowest BCUT2D eigenvalue weighted by Gasteiger charge is -2.18. The van der Waals surface area contributed by atoms with E-state index in [2.05, 4.69) is 99.8 Å². The maximum absolute atomic E-state index is 6.33. The van der Waals surface area contributed by atoms with E-state index in [0.717, 1.165) is 36.8 Å². The van der Waals surface area contributed by atoms with Crippen molar-refractivity contribution in [3.05, 3.63) is 105 Å². The van der Waals surface area contributed by atoms with Gasteiger partial charge in [-0.3, -0.25) is 5.43 Å². The summed E-state index contributed by atoms with van der Waals surface area (Å²) in [6.45, 7) is 3.04. The van der Waals surface area contributed by atoms with Gasteiger partial charge in [-0.25, -0.2) is 0 Å². The Morgan fingerprint density at radius 2 is 1.73 bits per heavy atom. The number of fused-ring (bicyclic) bond motifs is 1. The van der Waals surface area contributed by atoms with E-state index in [4.69, 9.17) is 9.47 Å². The molecule has 4 aromatic rings. The lowest BCUT2D eigenvalue weighted by atomic mass is 10.1. The van der Waals surface area contributed by atoms with E-state index in [1.165, 1.54) is 10.8 Å². The Hall–Kier alpha value is -2.71. The van der Waals surface area contributed by atoms with Crippen molar-refractivity contribution >= 4 is 50.2 Å². The molecule has 0 radical (unpaired) electrons. The average Bonchev–Trinajstić information content (AvgIpc) is 3.35. The zero-order chi connectivity index (χ0) is 22.6. The molecule has 0 saturated carbocycles. The SMILES string of the molecule is CCOc1cc([C@@H]2NN=C(c3ccccc3)S2)cc(I)c1OCc1cccc2ccccc12. The first-order chi connectivity index (χ1) is 16.2. The molecule has 4 aromatic carbocycles. The molecule has 5 rings (SSSR count). The fraction of sp³-hybridized carbons (Fsp3) is 0.148. The highest BCUT2D eigenvalue weighted by Crippen LogP contribution is 2.41. The van der Waals surface area contributed by atoms with Gasteiger partial charge >= 0.3 is 0 Å². The molecule has 0 aromatic heterocycles. The van der Waals surface area contributed by atoms with Gasteiger partial charge in [0.1, 0.15) is 17.0 Å². The number of thioether (sulfide) groups is 1. The highest BCUT2D eigenvalue weighted by atomic mass is 127. The van der Waals surface area contributed by atoms with E-state index in [1.807, 2.05) is 25.1 Å². The van der Waals surface area contributed by atoms with Crippen LogP contribution in [0.15, 0.2) is 90.0 Å². The molecule has 0 fully saturated rings. The second-order valence-electron chi connectivity index (χ2n) is 7.60. The maximum Gasteiger partial charge on any atom is 0.174 e. The van der Waals surface area contributed by atoms with Crippen LogP contribution in [0.1, 0.15) is 29.0 Å². The third kappa shape index (κ3) is 4.82. The molecule has 1 aliphatic heterocycles. The summed E-state index contributed by atoms with van der Waals surface area (Å²) in [6.07, 6.45) is 0. The van der Waals surface area contributed by atoms with Crippen LogP contribution in [0, 0.1) is 3.57 Å². The van der Waals surface area contributed by atoms with Crippen LogP contribution in [0.2, 0.25) is 0 Å². The summed E-state index contributed by atoms with van der Waals surface area (Å²) in [7, 11) is 0. The van der Waals surface area contributed by atoms with Gasteiger partial charge in [0.05, 0.1) is 10.2 Å². The van der Waals surface area contributed by atoms with Crippen LogP contribution in [0.5, 0.6) is 11.5 Å². The van der Waals surface area contributed by atoms with Gasteiger partial charge in [-0.05, 0) is 63.5 Å². The topological polar surface area (TPSA) is 42.8 Å². The van der Waals surface area contributed by atoms with E-state index in [0.29, 0.717) is 13.2 Å². The normalized spacial score (nSPS) is 15.2. The Balaban J connectivity index is 1.38. The molecular weight excluding hydrogens is 543 g/mol. The van der Waals surface area contributed by atoms with Crippen molar-refractivity contribution in [3.63, 3.8) is 0 Å². The molecule has 0 unspecified atom stereocenters. The maximum atomic E-state index is 6.33. The van der Waals surface area contributed by atoms with Crippen molar-refractivity contribution in [2.45, 2.75) is 18.9 Å². The first-order valence-corrected chi connectivity index (χ1v) is 12.8. The second kappa shape index (κ2) is 10.1. The summed E-state index contributed by atoms with van der Waals surface area (Å²) in [5.74, 6) is 1.54. The van der Waals surface area contributed by atoms with Crippen LogP contribution in [-0.2, 0) is 6.61 Å². The van der Waals surface area contributed by atoms with Crippen molar-refractivity contribution in [1.29, 1.82) is 0 Å². The Labute approximate surface area is 211 Å². The number of hydrogen-bond acceptors (Lipinski definition) is 5. The number of hydrazone groups is 1. The molecule has 0 saturated heterocycles. The quantitative estimate of drug-likeness (QED) is 0.242. The largest absolute Gasteiger partial charge is 0.490 e. The minimum absolute atomic E-state index is 0.0278. The van der Waals surface area contributed by atoms with Gasteiger partial charge < -0.3 is 9.47 Å². The molecular formula is C27H23IN2O2S. The summed E-state index contributed by atoms with van der Waals surface area (Å²) in [6, 6.07) is 29.2. The van der Waals surface area contributed by atoms with Gasteiger partial charge in [-0.1, -0.05) is 84.6 Å². The van der Waals surface area contributed by atoms with E-state index in [-0.39, 0.29) is 5.37 Å². The van der Waals surface area contributed by atoms with Crippen LogP contribution in [0.4, 0.5) is 0 Å². The predicted octanol–water partition coefficient (Wildman–Crippen LogP) is 7.12. The highest BCUT2D eigenvalue weighted by molar-refractivity contribution is 14.1. The van der Waals surface area contributed by atoms with Crippen LogP contribution < -0.4 is 14.9 Å². The van der Waals surface area contributed by atoms with E-state index >= 15 is 0 Å². The van der Waals surface area contributed by atoms with E-state index < -0.39 is 0 Å². The summed E-state index contributed by atoms with van der Waals surface area (Å²) in [5, 5.41) is 7.99. The molecule has 0 amide bonds. The molecule has 4 nitrogen and oxygen atoms in total. The monoisotopic (exact) mass is 566 g/mol. The summed E-state index contributed by atoms with van der Waals surface area (Å²) in [4.78, 5) is 0. The van der Waals surface area contributed by atoms with Gasteiger partial charge in [-0.15, -0.1) is 0 Å². The first kappa shape index (κ1) is 22.1. The van der Waals surface area contributed by atoms with Crippen LogP contribution in [0.3, 0.4) is 0 Å². The second-order valence-corrected chi connectivity index (χ2v) is 9.86. The fourth-order valence-corrected chi connectivity index (χ4v) is 5.61. The van der Waals surface area contributed by atoms with Crippen molar-refractivity contribution in [3.8, 4) is 11.5 Å². The average molecular weight is 566 g/mol. The third-order valence-electron chi connectivity index (χ3n) is 5.42. The van der Waals surface area contributed by atoms with Gasteiger partial charge in [0.15, 0.2) is 11.5 Å². The Kier molecular flexibility index (Phi) is 6.73. The molecule has 6 heteroatoms. The van der Waals surface area contributed by atoms with Gasteiger partial charge in [-0.2, -0.15) is 5.10 Å². The van der Waals surface area contributed by atoms with Crippen LogP contribution in [0.25, 0.3) is 10.8 Å². The van der Waals surface area contributed by atoms with Crippen molar-refractivity contribution in [2.24, 2.45) is 5.10 Å². The van der Waals surface area contributed by atoms with Crippen molar-refractivity contribution < 1.29 is 9.47 Å². The molecule has 1 heterocycles. The van der Waals surface area contributed by atoms with Gasteiger partial charge in [0.25, 0.3) is 0 Å². The molecule has 33 heavy (non-hydrogen) atoms. The number of nitrogens with one attached hydrogen (secondary N) is 1. The molecule has 0 bridgehead atoms. The molecule has 0 spiro atoms. The third-order valence-corrected chi connectivity index (χ3v) is 7.38. The summed E-state index contributed by atoms with van der Waals surface area (Å²) < 4.78 is 13.4. The Bertz CT molecular complexity index is 1310. The number of hydrogen-bond donors (Lipinski definition) is 1. The van der Waals surface area contributed by atoms with Crippen molar-refractivity contribution in [1.82, 2.24) is 5.43 Å². The summed E-state index contributed by atoms with van der Waals surface area (Å²) in [5.41, 5.74) is 6.65. The predicted molar refractivity (Wildman–Crippen MR) is 145 cm³/mol. The fourth-order valence-electron chi connectivity index (χ4n) is 3.85. The van der Waals surface area contributed by atoms with Crippen molar-refractivity contribution in [2.75, 3.05) is 6.61 Å². The number of halogens is 1. The van der Waals surface area contributed by atoms with Gasteiger partial charge in [0.2, 0.25) is 0 Å². The number of nitrogens with zero attached hydrogens (tertiary/aromatic N) is 1. The van der Waals surface area contributed by atoms with Crippen LogP contribution >= 0.6 is 34.4 Å². The number of rotatable bonds is 7. The molecule has 1 N–H and O–H groups in total. The zero-order valence-electron chi connectivity index (χ0n) is 18.1. The summed E-state index contributed by atoms with van der Waals surface area (Å²) >= 11 is 4.04. The highest BCUT2D eigenvalue weighted by Gasteiger charge is 2.24. The Morgan fingerprint density at radius 3 is 2.58 bits per heavy atom.